The van der Waals surface area contributed by atoms with Gasteiger partial charge in [0.2, 0.25) is 5.82 Å². The van der Waals surface area contributed by atoms with E-state index in [4.69, 9.17) is 26.5 Å². The number of thiocarbonyl (C=S) groups is 1. The first kappa shape index (κ1) is 22.8. The molecule has 1 N–H and O–H groups in total. The lowest BCUT2D eigenvalue weighted by molar-refractivity contribution is 0.387. The molecular weight excluding hydrogens is 456 g/mol. The fourth-order valence-corrected chi connectivity index (χ4v) is 4.62. The lowest BCUT2D eigenvalue weighted by Gasteiger charge is -2.37. The average Bonchev–Trinajstić information content (AvgIpc) is 3.37. The third kappa shape index (κ3) is 4.55. The summed E-state index contributed by atoms with van der Waals surface area (Å²) in [6.07, 6.45) is 0. The van der Waals surface area contributed by atoms with Gasteiger partial charge in [0.1, 0.15) is 5.75 Å². The van der Waals surface area contributed by atoms with Crippen molar-refractivity contribution in [2.75, 3.05) is 7.11 Å². The van der Waals surface area contributed by atoms with E-state index in [-0.39, 0.29) is 6.04 Å². The molecule has 4 aromatic rings. The van der Waals surface area contributed by atoms with Crippen molar-refractivity contribution in [1.82, 2.24) is 20.4 Å². The Bertz CT molecular complexity index is 1380. The molecule has 0 aliphatic carbocycles. The Morgan fingerprint density at radius 1 is 0.971 bits per heavy atom. The van der Waals surface area contributed by atoms with Gasteiger partial charge in [0.25, 0.3) is 5.89 Å². The molecule has 1 aliphatic heterocycles. The van der Waals surface area contributed by atoms with E-state index in [2.05, 4.69) is 34.4 Å². The number of ether oxygens (including phenoxy) is 1. The fourth-order valence-electron chi connectivity index (χ4n) is 4.30. The summed E-state index contributed by atoms with van der Waals surface area (Å²) in [5, 5.41) is 8.43. The predicted molar refractivity (Wildman–Crippen MR) is 141 cm³/mol. The average molecular weight is 483 g/mol. The summed E-state index contributed by atoms with van der Waals surface area (Å²) in [6, 6.07) is 26.0. The summed E-state index contributed by atoms with van der Waals surface area (Å²) < 4.78 is 11.4. The molecule has 1 aromatic heterocycles. The van der Waals surface area contributed by atoms with Crippen LogP contribution in [0.5, 0.6) is 5.75 Å². The van der Waals surface area contributed by atoms with Crippen LogP contribution in [0.15, 0.2) is 89.1 Å². The van der Waals surface area contributed by atoms with Crippen molar-refractivity contribution in [1.29, 1.82) is 0 Å². The number of methoxy groups -OCH3 is 1. The molecule has 5 rings (SSSR count). The monoisotopic (exact) mass is 482 g/mol. The van der Waals surface area contributed by atoms with Gasteiger partial charge in [-0.25, -0.2) is 0 Å². The number of aryl methyl sites for hydroxylation is 1. The molecule has 1 atom stereocenters. The quantitative estimate of drug-likeness (QED) is 0.343. The van der Waals surface area contributed by atoms with Crippen molar-refractivity contribution in [3.8, 4) is 17.1 Å². The van der Waals surface area contributed by atoms with Gasteiger partial charge in [-0.15, -0.1) is 0 Å². The third-order valence-electron chi connectivity index (χ3n) is 6.22. The molecule has 0 spiro atoms. The summed E-state index contributed by atoms with van der Waals surface area (Å²) >= 11 is 5.83. The highest BCUT2D eigenvalue weighted by Crippen LogP contribution is 2.38. The lowest BCUT2D eigenvalue weighted by atomic mass is 9.94. The van der Waals surface area contributed by atoms with Gasteiger partial charge >= 0.3 is 0 Å². The van der Waals surface area contributed by atoms with Crippen LogP contribution in [0.3, 0.4) is 0 Å². The number of benzene rings is 3. The van der Waals surface area contributed by atoms with Crippen molar-refractivity contribution in [3.05, 3.63) is 107 Å². The summed E-state index contributed by atoms with van der Waals surface area (Å²) in [5.41, 5.74) is 6.03. The summed E-state index contributed by atoms with van der Waals surface area (Å²) in [5.74, 6) is 1.83. The van der Waals surface area contributed by atoms with Gasteiger partial charge in [-0.3, -0.25) is 0 Å². The standard InChI is InChI=1S/C28H26N4O2S/c1-18-13-15-21(16-14-18)26-30-27(34-31-26)24-19(2)32(17-22-11-7-8-12-23(22)33-3)28(35)29-25(24)20-9-5-4-6-10-20/h4-16,25H,17H2,1-3H3,(H,29,35). The topological polar surface area (TPSA) is 63.4 Å². The van der Waals surface area contributed by atoms with E-state index in [0.717, 1.165) is 33.7 Å². The van der Waals surface area contributed by atoms with Gasteiger partial charge in [0.05, 0.1) is 25.3 Å². The maximum atomic E-state index is 5.84. The van der Waals surface area contributed by atoms with Crippen molar-refractivity contribution in [3.63, 3.8) is 0 Å². The van der Waals surface area contributed by atoms with Crippen molar-refractivity contribution in [2.24, 2.45) is 0 Å². The Morgan fingerprint density at radius 2 is 1.69 bits per heavy atom. The number of para-hydroxylation sites is 1. The number of rotatable bonds is 6. The smallest absolute Gasteiger partial charge is 0.258 e. The largest absolute Gasteiger partial charge is 0.496 e. The molecule has 6 nitrogen and oxygen atoms in total. The number of hydrogen-bond acceptors (Lipinski definition) is 5. The second kappa shape index (κ2) is 9.72. The van der Waals surface area contributed by atoms with Crippen molar-refractivity contribution < 1.29 is 9.26 Å². The first-order valence-electron chi connectivity index (χ1n) is 11.4. The van der Waals surface area contributed by atoms with Gasteiger partial charge in [-0.05, 0) is 37.7 Å². The van der Waals surface area contributed by atoms with E-state index in [1.165, 1.54) is 5.56 Å². The molecule has 1 unspecified atom stereocenters. The van der Waals surface area contributed by atoms with Gasteiger partial charge in [-0.1, -0.05) is 83.5 Å². The van der Waals surface area contributed by atoms with Crippen LogP contribution in [0.2, 0.25) is 0 Å². The molecule has 35 heavy (non-hydrogen) atoms. The molecule has 2 heterocycles. The van der Waals surface area contributed by atoms with Crippen LogP contribution in [-0.2, 0) is 6.54 Å². The van der Waals surface area contributed by atoms with Crippen LogP contribution < -0.4 is 10.1 Å². The molecule has 1 aliphatic rings. The minimum Gasteiger partial charge on any atom is -0.496 e. The van der Waals surface area contributed by atoms with E-state index >= 15 is 0 Å². The summed E-state index contributed by atoms with van der Waals surface area (Å²) in [6.45, 7) is 4.65. The van der Waals surface area contributed by atoms with Crippen LogP contribution >= 0.6 is 12.2 Å². The molecule has 7 heteroatoms. The maximum Gasteiger partial charge on any atom is 0.258 e. The van der Waals surface area contributed by atoms with Crippen LogP contribution in [0, 0.1) is 6.92 Å². The van der Waals surface area contributed by atoms with Crippen molar-refractivity contribution in [2.45, 2.75) is 26.4 Å². The number of allylic oxidation sites excluding steroid dienone is 1. The Kier molecular flexibility index (Phi) is 6.33. The van der Waals surface area contributed by atoms with E-state index in [1.54, 1.807) is 7.11 Å². The SMILES string of the molecule is COc1ccccc1CN1C(=S)NC(c2ccccc2)C(c2nc(-c3ccc(C)cc3)no2)=C1C. The Hall–Kier alpha value is -3.97. The number of nitrogens with zero attached hydrogens (tertiary/aromatic N) is 3. The van der Waals surface area contributed by atoms with E-state index in [0.29, 0.717) is 23.4 Å². The van der Waals surface area contributed by atoms with Crippen LogP contribution in [-0.4, -0.2) is 27.3 Å². The zero-order valence-electron chi connectivity index (χ0n) is 19.9. The predicted octanol–water partition coefficient (Wildman–Crippen LogP) is 5.92. The minimum absolute atomic E-state index is 0.219. The molecular formula is C28H26N4O2S. The van der Waals surface area contributed by atoms with Gasteiger partial charge in [0, 0.05) is 16.8 Å². The first-order chi connectivity index (χ1) is 17.0. The van der Waals surface area contributed by atoms with E-state index < -0.39 is 0 Å². The molecule has 0 saturated heterocycles. The zero-order valence-corrected chi connectivity index (χ0v) is 20.7. The highest BCUT2D eigenvalue weighted by atomic mass is 32.1. The zero-order chi connectivity index (χ0) is 24.4. The highest BCUT2D eigenvalue weighted by molar-refractivity contribution is 7.80. The molecule has 0 bridgehead atoms. The fraction of sp³-hybridized carbons (Fsp3) is 0.179. The highest BCUT2D eigenvalue weighted by Gasteiger charge is 2.34. The molecule has 0 amide bonds. The minimum atomic E-state index is -0.219. The second-order valence-electron chi connectivity index (χ2n) is 8.48. The Balaban J connectivity index is 1.59. The van der Waals surface area contributed by atoms with Crippen LogP contribution in [0.1, 0.15) is 35.5 Å². The second-order valence-corrected chi connectivity index (χ2v) is 8.87. The molecule has 3 aromatic carbocycles. The van der Waals surface area contributed by atoms with Crippen molar-refractivity contribution >= 4 is 22.9 Å². The molecule has 0 fully saturated rings. The van der Waals surface area contributed by atoms with Crippen LogP contribution in [0.25, 0.3) is 17.0 Å². The third-order valence-corrected chi connectivity index (χ3v) is 6.55. The maximum absolute atomic E-state index is 5.84. The van der Waals surface area contributed by atoms with Crippen LogP contribution in [0.4, 0.5) is 0 Å². The normalized spacial score (nSPS) is 15.8. The Labute approximate surface area is 210 Å². The van der Waals surface area contributed by atoms with E-state index in [1.807, 2.05) is 73.7 Å². The number of hydrogen-bond donors (Lipinski definition) is 1. The van der Waals surface area contributed by atoms with Gasteiger partial charge in [0.15, 0.2) is 5.11 Å². The summed E-state index contributed by atoms with van der Waals surface area (Å²) in [4.78, 5) is 6.84. The lowest BCUT2D eigenvalue weighted by Crippen LogP contribution is -2.45. The molecule has 0 saturated carbocycles. The van der Waals surface area contributed by atoms with Gasteiger partial charge in [-0.2, -0.15) is 4.98 Å². The number of aromatic nitrogens is 2. The molecule has 176 valence electrons. The molecule has 0 radical (unpaired) electrons. The van der Waals surface area contributed by atoms with E-state index in [9.17, 15) is 0 Å². The summed E-state index contributed by atoms with van der Waals surface area (Å²) in [7, 11) is 1.68. The number of nitrogens with one attached hydrogen (secondary N) is 1. The first-order valence-corrected chi connectivity index (χ1v) is 11.8. The Morgan fingerprint density at radius 3 is 2.43 bits per heavy atom. The van der Waals surface area contributed by atoms with Gasteiger partial charge < -0.3 is 19.5 Å².